The Balaban J connectivity index is 0.000000221. The van der Waals surface area contributed by atoms with Gasteiger partial charge in [0.15, 0.2) is 0 Å². The lowest BCUT2D eigenvalue weighted by Gasteiger charge is -2.14. The number of fused-ring (bicyclic) bond motifs is 2. The Morgan fingerprint density at radius 1 is 0.513 bits per heavy atom. The van der Waals surface area contributed by atoms with Crippen molar-refractivity contribution in [3.05, 3.63) is 143 Å². The van der Waals surface area contributed by atoms with Gasteiger partial charge in [-0.1, -0.05) is 26.0 Å². The SMILES string of the molecule is CNC(=O)[C@@H](C)Cn1cnc2ccc(-c3cnc(OC)c(NS(=O)(=O)c4ccc(OC)cc4)c3)cc2c1=O.CNC(=O)[C@H](C)Cn1cnc2ccc(-c3cnc(OC)c(NS(=O)(=O)c4ccc(OC)cc4)c3)cc2c1=O. The Bertz CT molecular complexity index is 3550. The van der Waals surface area contributed by atoms with Gasteiger partial charge in [-0.15, -0.1) is 0 Å². The highest BCUT2D eigenvalue weighted by atomic mass is 32.2. The lowest BCUT2D eigenvalue weighted by atomic mass is 10.0. The third-order valence-corrected chi connectivity index (χ3v) is 14.7. The minimum absolute atomic E-state index is 0.0362. The van der Waals surface area contributed by atoms with Crippen LogP contribution >= 0.6 is 0 Å². The summed E-state index contributed by atoms with van der Waals surface area (Å²) in [5.41, 5.74) is 2.98. The van der Waals surface area contributed by atoms with Crippen molar-refractivity contribution in [1.82, 2.24) is 39.7 Å². The standard InChI is InChI=1S/2C26H27N5O6S/c2*1-16(24(32)27-2)14-31-15-29-22-10-5-17(11-21(22)26(31)33)18-12-23(25(37-4)28-13-18)30-38(34,35)20-8-6-19(36-3)7-9-20/h2*5-13,15-16,30H,14H2,1-4H3,(H,27,32)/t2*16-/m10/s1. The van der Waals surface area contributed by atoms with Gasteiger partial charge in [0.2, 0.25) is 23.6 Å². The molecule has 0 aliphatic heterocycles. The third-order valence-electron chi connectivity index (χ3n) is 12.0. The number of hydrogen-bond donors (Lipinski definition) is 4. The quantitative estimate of drug-likeness (QED) is 0.0846. The second-order valence-corrected chi connectivity index (χ2v) is 20.4. The maximum Gasteiger partial charge on any atom is 0.262 e. The first-order valence-electron chi connectivity index (χ1n) is 23.2. The Morgan fingerprint density at radius 2 is 0.882 bits per heavy atom. The van der Waals surface area contributed by atoms with Crippen LogP contribution in [0.25, 0.3) is 44.1 Å². The number of pyridine rings is 2. The summed E-state index contributed by atoms with van der Waals surface area (Å²) < 4.78 is 80.6. The van der Waals surface area contributed by atoms with Gasteiger partial charge in [-0.2, -0.15) is 0 Å². The summed E-state index contributed by atoms with van der Waals surface area (Å²) in [6.07, 6.45) is 5.89. The number of anilines is 2. The molecule has 0 aliphatic carbocycles. The highest BCUT2D eigenvalue weighted by molar-refractivity contribution is 7.93. The fourth-order valence-electron chi connectivity index (χ4n) is 7.79. The molecular formula is C52H54N10O12S2. The number of carbonyl (C=O) groups excluding carboxylic acids is 2. The molecule has 0 fully saturated rings. The van der Waals surface area contributed by atoms with Crippen LogP contribution in [0.5, 0.6) is 23.3 Å². The summed E-state index contributed by atoms with van der Waals surface area (Å²) >= 11 is 0. The van der Waals surface area contributed by atoms with Crippen molar-refractivity contribution in [1.29, 1.82) is 0 Å². The second kappa shape index (κ2) is 23.5. The number of carbonyl (C=O) groups is 2. The van der Waals surface area contributed by atoms with E-state index in [-0.39, 0.29) is 68.9 Å². The van der Waals surface area contributed by atoms with E-state index in [0.717, 1.165) is 0 Å². The minimum Gasteiger partial charge on any atom is -0.497 e. The molecule has 8 rings (SSSR count). The van der Waals surface area contributed by atoms with E-state index in [9.17, 15) is 36.0 Å². The van der Waals surface area contributed by atoms with E-state index in [4.69, 9.17) is 18.9 Å². The molecule has 4 aromatic carbocycles. The van der Waals surface area contributed by atoms with Crippen LogP contribution < -0.4 is 50.1 Å². The Hall–Kier alpha value is -8.90. The van der Waals surface area contributed by atoms with Gasteiger partial charge < -0.3 is 29.6 Å². The van der Waals surface area contributed by atoms with E-state index in [0.29, 0.717) is 55.6 Å². The summed E-state index contributed by atoms with van der Waals surface area (Å²) in [6.45, 7) is 3.80. The van der Waals surface area contributed by atoms with Gasteiger partial charge in [0.25, 0.3) is 31.2 Å². The molecule has 0 saturated carbocycles. The zero-order valence-electron chi connectivity index (χ0n) is 42.5. The molecule has 0 saturated heterocycles. The second-order valence-electron chi connectivity index (χ2n) is 17.0. The molecule has 2 atom stereocenters. The first-order valence-corrected chi connectivity index (χ1v) is 26.1. The maximum absolute atomic E-state index is 13.2. The van der Waals surface area contributed by atoms with Gasteiger partial charge in [-0.3, -0.25) is 37.8 Å². The molecule has 396 valence electrons. The molecule has 0 unspecified atom stereocenters. The summed E-state index contributed by atoms with van der Waals surface area (Å²) in [5, 5.41) is 5.85. The minimum atomic E-state index is -3.96. The van der Waals surface area contributed by atoms with Crippen LogP contribution in [-0.2, 0) is 42.7 Å². The number of amides is 2. The van der Waals surface area contributed by atoms with Crippen LogP contribution in [0.2, 0.25) is 0 Å². The fourth-order valence-corrected chi connectivity index (χ4v) is 9.89. The van der Waals surface area contributed by atoms with Crippen molar-refractivity contribution in [3.63, 3.8) is 0 Å². The molecule has 2 amide bonds. The molecule has 22 nitrogen and oxygen atoms in total. The average Bonchev–Trinajstić information content (AvgIpc) is 3.44. The number of nitrogens with zero attached hydrogens (tertiary/aromatic N) is 6. The Morgan fingerprint density at radius 3 is 1.21 bits per heavy atom. The Kier molecular flexibility index (Phi) is 17.0. The van der Waals surface area contributed by atoms with Crippen LogP contribution in [-0.4, -0.2) is 100 Å². The van der Waals surface area contributed by atoms with E-state index in [2.05, 4.69) is 40.0 Å². The highest BCUT2D eigenvalue weighted by Gasteiger charge is 2.22. The van der Waals surface area contributed by atoms with Crippen LogP contribution in [0.4, 0.5) is 11.4 Å². The molecule has 0 spiro atoms. The molecule has 8 aromatic rings. The number of nitrogens with one attached hydrogen (secondary N) is 4. The molecular weight excluding hydrogens is 1020 g/mol. The van der Waals surface area contributed by atoms with E-state index in [1.807, 2.05) is 0 Å². The van der Waals surface area contributed by atoms with Crippen molar-refractivity contribution in [2.24, 2.45) is 11.8 Å². The lowest BCUT2D eigenvalue weighted by molar-refractivity contribution is -0.125. The number of rotatable bonds is 18. The summed E-state index contributed by atoms with van der Waals surface area (Å²) in [5.74, 6) is 0.00714. The smallest absolute Gasteiger partial charge is 0.262 e. The van der Waals surface area contributed by atoms with Crippen LogP contribution in [0.1, 0.15) is 13.8 Å². The molecule has 24 heteroatoms. The first kappa shape index (κ1) is 54.9. The molecule has 76 heavy (non-hydrogen) atoms. The van der Waals surface area contributed by atoms with Gasteiger partial charge in [0, 0.05) is 50.7 Å². The van der Waals surface area contributed by atoms with Crippen molar-refractivity contribution in [2.75, 3.05) is 52.0 Å². The zero-order chi connectivity index (χ0) is 54.9. The predicted molar refractivity (Wildman–Crippen MR) is 286 cm³/mol. The largest absolute Gasteiger partial charge is 0.497 e. The van der Waals surface area contributed by atoms with E-state index in [1.165, 1.54) is 86.9 Å². The molecule has 4 N–H and O–H groups in total. The molecule has 0 bridgehead atoms. The van der Waals surface area contributed by atoms with Gasteiger partial charge in [0.05, 0.1) is 84.5 Å². The number of sulfonamides is 2. The van der Waals surface area contributed by atoms with Crippen LogP contribution in [0, 0.1) is 11.8 Å². The third kappa shape index (κ3) is 12.4. The number of hydrogen-bond acceptors (Lipinski definition) is 16. The average molecular weight is 1080 g/mol. The van der Waals surface area contributed by atoms with Crippen molar-refractivity contribution < 1.29 is 45.4 Å². The highest BCUT2D eigenvalue weighted by Crippen LogP contribution is 2.33. The summed E-state index contributed by atoms with van der Waals surface area (Å²) in [4.78, 5) is 67.5. The normalized spacial score (nSPS) is 12.1. The van der Waals surface area contributed by atoms with Gasteiger partial charge >= 0.3 is 0 Å². The first-order chi connectivity index (χ1) is 36.3. The van der Waals surface area contributed by atoms with Gasteiger partial charge in [-0.25, -0.2) is 36.8 Å². The number of ether oxygens (including phenoxy) is 4. The fraction of sp³-hybridized carbons (Fsp3) is 0.231. The van der Waals surface area contributed by atoms with Gasteiger partial charge in [-0.05, 0) is 96.1 Å². The molecule has 0 radical (unpaired) electrons. The van der Waals surface area contributed by atoms with E-state index < -0.39 is 31.9 Å². The predicted octanol–water partition coefficient (Wildman–Crippen LogP) is 5.32. The lowest BCUT2D eigenvalue weighted by Crippen LogP contribution is -2.32. The van der Waals surface area contributed by atoms with Gasteiger partial charge in [0.1, 0.15) is 22.9 Å². The van der Waals surface area contributed by atoms with Crippen molar-refractivity contribution >= 4 is 65.0 Å². The molecule has 0 aliphatic rings. The molecule has 4 heterocycles. The van der Waals surface area contributed by atoms with E-state index in [1.54, 1.807) is 101 Å². The summed E-state index contributed by atoms with van der Waals surface area (Å²) in [7, 11) is 0.925. The van der Waals surface area contributed by atoms with E-state index >= 15 is 0 Å². The Labute approximate surface area is 437 Å². The van der Waals surface area contributed by atoms with Crippen molar-refractivity contribution in [2.45, 2.75) is 36.7 Å². The summed E-state index contributed by atoms with van der Waals surface area (Å²) in [6, 6.07) is 25.3. The number of benzene rings is 4. The maximum atomic E-state index is 13.2. The topological polar surface area (TPSA) is 283 Å². The zero-order valence-corrected chi connectivity index (χ0v) is 44.1. The van der Waals surface area contributed by atoms with Crippen LogP contribution in [0.15, 0.2) is 141 Å². The monoisotopic (exact) mass is 1070 g/mol. The van der Waals surface area contributed by atoms with Crippen molar-refractivity contribution in [3.8, 4) is 45.5 Å². The number of methoxy groups -OCH3 is 4. The molecule has 4 aromatic heterocycles. The number of aromatic nitrogens is 6. The van der Waals surface area contributed by atoms with Crippen LogP contribution in [0.3, 0.4) is 0 Å².